The number of likely N-dealkylation sites (tertiary alicyclic amines) is 1. The number of rotatable bonds is 8. The van der Waals surface area contributed by atoms with Gasteiger partial charge in [-0.15, -0.1) is 0 Å². The third-order valence-electron chi connectivity index (χ3n) is 5.80. The fraction of sp³-hybridized carbons (Fsp3) is 0.905. The van der Waals surface area contributed by atoms with Crippen molar-refractivity contribution in [3.63, 3.8) is 0 Å². The monoisotopic (exact) mass is 565 g/mol. The minimum atomic E-state index is -4.72. The Bertz CT molecular complexity index is 628. The maximum Gasteiger partial charge on any atom is 0.401 e. The minimum Gasteiger partial charge on any atom is -0.461 e. The van der Waals surface area contributed by atoms with Crippen molar-refractivity contribution in [2.45, 2.75) is 94.2 Å². The summed E-state index contributed by atoms with van der Waals surface area (Å²) in [6.07, 6.45) is -4.63. The topological polar surface area (TPSA) is 65.1 Å². The second-order valence-electron chi connectivity index (χ2n) is 9.94. The van der Waals surface area contributed by atoms with Gasteiger partial charge >= 0.3 is 18.1 Å². The van der Waals surface area contributed by atoms with Crippen LogP contribution in [-0.2, 0) is 23.8 Å². The summed E-state index contributed by atoms with van der Waals surface area (Å²) in [6.45, 7) is 11.9. The molecule has 2 atom stereocenters. The lowest BCUT2D eigenvalue weighted by molar-refractivity contribution is -0.203. The Morgan fingerprint density at radius 2 is 1.58 bits per heavy atom. The Kier molecular flexibility index (Phi) is 9.27. The summed E-state index contributed by atoms with van der Waals surface area (Å²) in [4.78, 5) is 26.3. The van der Waals surface area contributed by atoms with E-state index in [0.717, 1.165) is 6.92 Å². The van der Waals surface area contributed by atoms with Gasteiger partial charge < -0.3 is 14.2 Å². The third kappa shape index (κ3) is 8.34. The average Bonchev–Trinajstić information content (AvgIpc) is 2.58. The summed E-state index contributed by atoms with van der Waals surface area (Å²) in [5.74, 6) is -4.26. The molecule has 1 saturated heterocycles. The van der Waals surface area contributed by atoms with E-state index in [9.17, 15) is 22.8 Å². The molecule has 1 heterocycles. The third-order valence-corrected chi connectivity index (χ3v) is 6.24. The van der Waals surface area contributed by atoms with Crippen LogP contribution in [0.2, 0.25) is 0 Å². The van der Waals surface area contributed by atoms with E-state index in [1.807, 2.05) is 29.6 Å². The van der Waals surface area contributed by atoms with Gasteiger partial charge in [-0.05, 0) is 68.4 Å². The van der Waals surface area contributed by atoms with Crippen LogP contribution in [0.4, 0.5) is 13.2 Å². The van der Waals surface area contributed by atoms with Crippen molar-refractivity contribution in [3.05, 3.63) is 0 Å². The van der Waals surface area contributed by atoms with Crippen molar-refractivity contribution in [1.82, 2.24) is 4.90 Å². The smallest absolute Gasteiger partial charge is 0.401 e. The van der Waals surface area contributed by atoms with E-state index >= 15 is 0 Å². The highest BCUT2D eigenvalue weighted by Gasteiger charge is 2.45. The van der Waals surface area contributed by atoms with E-state index < -0.39 is 33.6 Å². The summed E-state index contributed by atoms with van der Waals surface area (Å²) in [5, 5.41) is 0. The van der Waals surface area contributed by atoms with E-state index in [0.29, 0.717) is 12.8 Å². The quantitative estimate of drug-likeness (QED) is 0.245. The number of alkyl halides is 4. The fourth-order valence-electron chi connectivity index (χ4n) is 3.50. The van der Waals surface area contributed by atoms with Crippen LogP contribution < -0.4 is 0 Å². The van der Waals surface area contributed by atoms with E-state index in [1.165, 1.54) is 0 Å². The van der Waals surface area contributed by atoms with Crippen molar-refractivity contribution in [2.24, 2.45) is 5.92 Å². The summed E-state index contributed by atoms with van der Waals surface area (Å²) >= 11 is 1.89. The predicted octanol–water partition coefficient (Wildman–Crippen LogP) is 4.52. The molecule has 0 spiro atoms. The highest BCUT2D eigenvalue weighted by Crippen LogP contribution is 2.38. The maximum absolute atomic E-state index is 12.9. The Hall–Kier alpha value is -0.620. The zero-order valence-corrected chi connectivity index (χ0v) is 21.7. The number of halogens is 4. The largest absolute Gasteiger partial charge is 0.461 e. The number of hydrogen-bond acceptors (Lipinski definition) is 6. The standard InChI is InChI=1S/C21H35F3INO5/c1-13(21(22,23)24)16(27)31-15(12-30-17(28)20(6,7)25)11-29-14-9-18(2,3)26(8)19(4,5)10-14/h13-15H,9-12H2,1-8H3. The summed E-state index contributed by atoms with van der Waals surface area (Å²) in [5.41, 5.74) is -0.303. The second-order valence-corrected chi connectivity index (χ2v) is 12.6. The van der Waals surface area contributed by atoms with Crippen molar-refractivity contribution in [3.8, 4) is 0 Å². The zero-order valence-electron chi connectivity index (χ0n) is 19.6. The molecule has 31 heavy (non-hydrogen) atoms. The van der Waals surface area contributed by atoms with Crippen LogP contribution in [0.3, 0.4) is 0 Å². The van der Waals surface area contributed by atoms with Crippen LogP contribution in [-0.4, -0.2) is 70.0 Å². The molecule has 0 N–H and O–H groups in total. The summed E-state index contributed by atoms with van der Waals surface area (Å²) in [7, 11) is 2.05. The number of esters is 2. The van der Waals surface area contributed by atoms with Gasteiger partial charge in [-0.2, -0.15) is 13.2 Å². The first-order valence-corrected chi connectivity index (χ1v) is 11.3. The molecule has 2 unspecified atom stereocenters. The van der Waals surface area contributed by atoms with Crippen molar-refractivity contribution in [1.29, 1.82) is 0 Å². The second kappa shape index (κ2) is 10.1. The maximum atomic E-state index is 12.9. The van der Waals surface area contributed by atoms with Gasteiger partial charge in [-0.3, -0.25) is 14.5 Å². The van der Waals surface area contributed by atoms with Crippen molar-refractivity contribution < 1.29 is 37.0 Å². The first kappa shape index (κ1) is 28.4. The minimum absolute atomic E-state index is 0.152. The number of carbonyl (C=O) groups is 2. The summed E-state index contributed by atoms with van der Waals surface area (Å²) < 4.78 is 54.0. The molecule has 1 aliphatic heterocycles. The molecule has 0 amide bonds. The highest BCUT2D eigenvalue weighted by molar-refractivity contribution is 14.1. The molecule has 0 radical (unpaired) electrons. The molecule has 1 rings (SSSR count). The first-order valence-electron chi connectivity index (χ1n) is 10.3. The van der Waals surface area contributed by atoms with Crippen molar-refractivity contribution in [2.75, 3.05) is 20.3 Å². The van der Waals surface area contributed by atoms with Gasteiger partial charge in [0.05, 0.1) is 12.7 Å². The molecule has 0 bridgehead atoms. The highest BCUT2D eigenvalue weighted by atomic mass is 127. The Morgan fingerprint density at radius 1 is 1.10 bits per heavy atom. The number of carbonyl (C=O) groups excluding carboxylic acids is 2. The number of nitrogens with zero attached hydrogens (tertiary/aromatic N) is 1. The van der Waals surface area contributed by atoms with Gasteiger partial charge in [0, 0.05) is 11.1 Å². The van der Waals surface area contributed by atoms with E-state index in [4.69, 9.17) is 14.2 Å². The lowest BCUT2D eigenvalue weighted by Crippen LogP contribution is -2.60. The van der Waals surface area contributed by atoms with Gasteiger partial charge in [-0.1, -0.05) is 22.6 Å². The average molecular weight is 565 g/mol. The summed E-state index contributed by atoms with van der Waals surface area (Å²) in [6, 6.07) is 0. The van der Waals surface area contributed by atoms with Gasteiger partial charge in [0.15, 0.2) is 6.10 Å². The van der Waals surface area contributed by atoms with Crippen LogP contribution in [0.1, 0.15) is 61.3 Å². The first-order chi connectivity index (χ1) is 13.8. The normalized spacial score (nSPS) is 21.9. The van der Waals surface area contributed by atoms with Crippen LogP contribution >= 0.6 is 22.6 Å². The molecular formula is C21H35F3INO5. The lowest BCUT2D eigenvalue weighted by Gasteiger charge is -2.53. The molecule has 182 valence electrons. The molecule has 0 aromatic rings. The van der Waals surface area contributed by atoms with Gasteiger partial charge in [0.2, 0.25) is 0 Å². The molecule has 0 aromatic carbocycles. The Balaban J connectivity index is 2.86. The zero-order chi connectivity index (χ0) is 24.4. The molecule has 10 heteroatoms. The van der Waals surface area contributed by atoms with Crippen LogP contribution in [0.5, 0.6) is 0 Å². The Morgan fingerprint density at radius 3 is 2.00 bits per heavy atom. The number of piperidine rings is 1. The van der Waals surface area contributed by atoms with Crippen molar-refractivity contribution >= 4 is 34.5 Å². The molecule has 1 aliphatic rings. The van der Waals surface area contributed by atoms with Crippen LogP contribution in [0.25, 0.3) is 0 Å². The van der Waals surface area contributed by atoms with Gasteiger partial charge in [0.25, 0.3) is 0 Å². The van der Waals surface area contributed by atoms with Crippen LogP contribution in [0, 0.1) is 5.92 Å². The molecule has 0 aliphatic carbocycles. The van der Waals surface area contributed by atoms with E-state index in [2.05, 4.69) is 32.6 Å². The van der Waals surface area contributed by atoms with E-state index in [1.54, 1.807) is 13.8 Å². The fourth-order valence-corrected chi connectivity index (χ4v) is 3.65. The number of ether oxygens (including phenoxy) is 3. The SMILES string of the molecule is CC(C(=O)OC(COC(=O)C(C)(C)I)COC1CC(C)(C)N(C)C(C)(C)C1)C(F)(F)F. The molecule has 0 aromatic heterocycles. The molecule has 1 fully saturated rings. The van der Waals surface area contributed by atoms with Crippen LogP contribution in [0.15, 0.2) is 0 Å². The molecular weight excluding hydrogens is 530 g/mol. The number of hydrogen-bond donors (Lipinski definition) is 0. The van der Waals surface area contributed by atoms with Gasteiger partial charge in [0.1, 0.15) is 15.9 Å². The predicted molar refractivity (Wildman–Crippen MR) is 119 cm³/mol. The lowest BCUT2D eigenvalue weighted by atomic mass is 9.79. The van der Waals surface area contributed by atoms with Gasteiger partial charge in [-0.25, -0.2) is 0 Å². The molecule has 0 saturated carbocycles. The molecule has 6 nitrogen and oxygen atoms in total. The van der Waals surface area contributed by atoms with E-state index in [-0.39, 0.29) is 30.4 Å². The Labute approximate surface area is 196 Å².